The molecule has 0 N–H and O–H groups in total. The lowest BCUT2D eigenvalue weighted by atomic mass is 10.0. The lowest BCUT2D eigenvalue weighted by Crippen LogP contribution is -2.13. The quantitative estimate of drug-likeness (QED) is 0.841. The molecule has 1 aliphatic rings. The maximum absolute atomic E-state index is 12.3. The molecule has 3 nitrogen and oxygen atoms in total. The summed E-state index contributed by atoms with van der Waals surface area (Å²) in [6.07, 6.45) is 1.58. The molecule has 3 rings (SSSR count). The van der Waals surface area contributed by atoms with Crippen LogP contribution >= 0.6 is 0 Å². The Balaban J connectivity index is 1.53. The van der Waals surface area contributed by atoms with Crippen LogP contribution in [0, 0.1) is 5.92 Å². The van der Waals surface area contributed by atoms with Crippen molar-refractivity contribution in [1.82, 2.24) is 0 Å². The first-order valence-corrected chi connectivity index (χ1v) is 7.17. The second kappa shape index (κ2) is 6.00. The standard InChI is InChI=1S/C18H18O3/c1-20-15-6-8-16(9-7-15)21-11-10-14-12-13-4-2-3-5-17(13)18(14)19/h2-9,14H,10-12H2,1H3. The van der Waals surface area contributed by atoms with Crippen LogP contribution in [0.4, 0.5) is 0 Å². The van der Waals surface area contributed by atoms with Gasteiger partial charge in [0.2, 0.25) is 0 Å². The summed E-state index contributed by atoms with van der Waals surface area (Å²) < 4.78 is 10.8. The van der Waals surface area contributed by atoms with E-state index in [0.717, 1.165) is 35.5 Å². The van der Waals surface area contributed by atoms with Crippen molar-refractivity contribution in [2.45, 2.75) is 12.8 Å². The van der Waals surface area contributed by atoms with E-state index in [9.17, 15) is 4.79 Å². The number of rotatable bonds is 5. The zero-order valence-corrected chi connectivity index (χ0v) is 12.0. The SMILES string of the molecule is COc1ccc(OCCC2Cc3ccccc3C2=O)cc1. The Morgan fingerprint density at radius 3 is 2.48 bits per heavy atom. The molecule has 0 saturated carbocycles. The number of hydrogen-bond donors (Lipinski definition) is 0. The monoisotopic (exact) mass is 282 g/mol. The molecule has 3 heteroatoms. The summed E-state index contributed by atoms with van der Waals surface area (Å²) in [4.78, 5) is 12.3. The van der Waals surface area contributed by atoms with Gasteiger partial charge >= 0.3 is 0 Å². The van der Waals surface area contributed by atoms with Crippen LogP contribution in [-0.4, -0.2) is 19.5 Å². The van der Waals surface area contributed by atoms with Crippen LogP contribution in [0.25, 0.3) is 0 Å². The van der Waals surface area contributed by atoms with Gasteiger partial charge in [-0.2, -0.15) is 0 Å². The van der Waals surface area contributed by atoms with Crippen LogP contribution in [0.15, 0.2) is 48.5 Å². The van der Waals surface area contributed by atoms with E-state index in [2.05, 4.69) is 0 Å². The molecule has 0 spiro atoms. The topological polar surface area (TPSA) is 35.5 Å². The Morgan fingerprint density at radius 1 is 1.05 bits per heavy atom. The highest BCUT2D eigenvalue weighted by atomic mass is 16.5. The van der Waals surface area contributed by atoms with Crippen LogP contribution < -0.4 is 9.47 Å². The molecule has 0 heterocycles. The molecule has 1 unspecified atom stereocenters. The molecule has 2 aromatic rings. The van der Waals surface area contributed by atoms with E-state index >= 15 is 0 Å². The third-order valence-electron chi connectivity index (χ3n) is 3.91. The van der Waals surface area contributed by atoms with Crippen molar-refractivity contribution >= 4 is 5.78 Å². The molecule has 0 fully saturated rings. The van der Waals surface area contributed by atoms with Gasteiger partial charge in [-0.15, -0.1) is 0 Å². The normalized spacial score (nSPS) is 16.6. The summed E-state index contributed by atoms with van der Waals surface area (Å²) in [5.74, 6) is 1.92. The molecule has 0 aromatic heterocycles. The second-order valence-electron chi connectivity index (χ2n) is 5.24. The fourth-order valence-electron chi connectivity index (χ4n) is 2.74. The minimum Gasteiger partial charge on any atom is -0.497 e. The number of ketones is 1. The van der Waals surface area contributed by atoms with E-state index in [1.807, 2.05) is 48.5 Å². The molecule has 108 valence electrons. The zero-order chi connectivity index (χ0) is 14.7. The highest BCUT2D eigenvalue weighted by Crippen LogP contribution is 2.28. The van der Waals surface area contributed by atoms with E-state index in [1.54, 1.807) is 7.11 Å². The Hall–Kier alpha value is -2.29. The number of carbonyl (C=O) groups is 1. The maximum atomic E-state index is 12.3. The predicted molar refractivity (Wildman–Crippen MR) is 81.1 cm³/mol. The summed E-state index contributed by atoms with van der Waals surface area (Å²) in [6, 6.07) is 15.4. The van der Waals surface area contributed by atoms with Crippen molar-refractivity contribution in [2.75, 3.05) is 13.7 Å². The van der Waals surface area contributed by atoms with E-state index in [4.69, 9.17) is 9.47 Å². The van der Waals surface area contributed by atoms with Crippen molar-refractivity contribution in [1.29, 1.82) is 0 Å². The lowest BCUT2D eigenvalue weighted by Gasteiger charge is -2.10. The maximum Gasteiger partial charge on any atom is 0.166 e. The molecule has 21 heavy (non-hydrogen) atoms. The number of Topliss-reactive ketones (excluding diaryl/α,β-unsaturated/α-hetero) is 1. The van der Waals surface area contributed by atoms with Crippen molar-refractivity contribution in [2.24, 2.45) is 5.92 Å². The molecular formula is C18H18O3. The zero-order valence-electron chi connectivity index (χ0n) is 12.0. The van der Waals surface area contributed by atoms with Crippen LogP contribution in [0.3, 0.4) is 0 Å². The van der Waals surface area contributed by atoms with Crippen molar-refractivity contribution in [3.05, 3.63) is 59.7 Å². The second-order valence-corrected chi connectivity index (χ2v) is 5.24. The number of methoxy groups -OCH3 is 1. The molecule has 1 atom stereocenters. The molecule has 2 aromatic carbocycles. The van der Waals surface area contributed by atoms with Gasteiger partial charge in [-0.1, -0.05) is 24.3 Å². The fourth-order valence-corrected chi connectivity index (χ4v) is 2.74. The Bertz CT molecular complexity index is 631. The predicted octanol–water partition coefficient (Wildman–Crippen LogP) is 3.52. The number of ether oxygens (including phenoxy) is 2. The van der Waals surface area contributed by atoms with Crippen molar-refractivity contribution in [3.63, 3.8) is 0 Å². The van der Waals surface area contributed by atoms with Crippen molar-refractivity contribution < 1.29 is 14.3 Å². The average molecular weight is 282 g/mol. The molecule has 0 aliphatic heterocycles. The van der Waals surface area contributed by atoms with E-state index in [0.29, 0.717) is 6.61 Å². The molecular weight excluding hydrogens is 264 g/mol. The smallest absolute Gasteiger partial charge is 0.166 e. The average Bonchev–Trinajstić information content (AvgIpc) is 2.85. The Kier molecular flexibility index (Phi) is 3.91. The third kappa shape index (κ3) is 2.92. The molecule has 0 saturated heterocycles. The van der Waals surface area contributed by atoms with Gasteiger partial charge in [-0.3, -0.25) is 4.79 Å². The Morgan fingerprint density at radius 2 is 1.76 bits per heavy atom. The summed E-state index contributed by atoms with van der Waals surface area (Å²) in [6.45, 7) is 0.552. The first-order chi connectivity index (χ1) is 10.3. The van der Waals surface area contributed by atoms with Gasteiger partial charge < -0.3 is 9.47 Å². The minimum absolute atomic E-state index is 0.0562. The van der Waals surface area contributed by atoms with Gasteiger partial charge in [-0.25, -0.2) is 0 Å². The molecule has 0 bridgehead atoms. The highest BCUT2D eigenvalue weighted by molar-refractivity contribution is 6.02. The summed E-state index contributed by atoms with van der Waals surface area (Å²) in [5.41, 5.74) is 2.05. The summed E-state index contributed by atoms with van der Waals surface area (Å²) in [7, 11) is 1.64. The van der Waals surface area contributed by atoms with E-state index in [-0.39, 0.29) is 11.7 Å². The van der Waals surface area contributed by atoms with Gasteiger partial charge in [0.1, 0.15) is 11.5 Å². The molecule has 0 radical (unpaired) electrons. The first-order valence-electron chi connectivity index (χ1n) is 7.17. The number of benzene rings is 2. The number of hydrogen-bond acceptors (Lipinski definition) is 3. The Labute approximate surface area is 124 Å². The minimum atomic E-state index is 0.0562. The first kappa shape index (κ1) is 13.7. The van der Waals surface area contributed by atoms with Gasteiger partial charge in [-0.05, 0) is 42.7 Å². The molecule has 0 amide bonds. The van der Waals surface area contributed by atoms with Crippen LogP contribution in [-0.2, 0) is 6.42 Å². The van der Waals surface area contributed by atoms with E-state index < -0.39 is 0 Å². The van der Waals surface area contributed by atoms with Crippen LogP contribution in [0.1, 0.15) is 22.3 Å². The molecule has 1 aliphatic carbocycles. The summed E-state index contributed by atoms with van der Waals surface area (Å²) in [5, 5.41) is 0. The number of fused-ring (bicyclic) bond motifs is 1. The van der Waals surface area contributed by atoms with Gasteiger partial charge in [0, 0.05) is 11.5 Å². The number of carbonyl (C=O) groups excluding carboxylic acids is 1. The van der Waals surface area contributed by atoms with Crippen molar-refractivity contribution in [3.8, 4) is 11.5 Å². The van der Waals surface area contributed by atoms with Crippen LogP contribution in [0.2, 0.25) is 0 Å². The van der Waals surface area contributed by atoms with Gasteiger partial charge in [0.15, 0.2) is 5.78 Å². The van der Waals surface area contributed by atoms with Crippen LogP contribution in [0.5, 0.6) is 11.5 Å². The highest BCUT2D eigenvalue weighted by Gasteiger charge is 2.29. The van der Waals surface area contributed by atoms with E-state index in [1.165, 1.54) is 0 Å². The lowest BCUT2D eigenvalue weighted by molar-refractivity contribution is 0.0918. The van der Waals surface area contributed by atoms with Gasteiger partial charge in [0.25, 0.3) is 0 Å². The largest absolute Gasteiger partial charge is 0.497 e. The fraction of sp³-hybridized carbons (Fsp3) is 0.278. The third-order valence-corrected chi connectivity index (χ3v) is 3.91. The summed E-state index contributed by atoms with van der Waals surface area (Å²) >= 11 is 0. The van der Waals surface area contributed by atoms with Gasteiger partial charge in [0.05, 0.1) is 13.7 Å².